The van der Waals surface area contributed by atoms with Crippen molar-refractivity contribution in [3.05, 3.63) is 23.5 Å². The van der Waals surface area contributed by atoms with Gasteiger partial charge in [-0.3, -0.25) is 9.59 Å². The summed E-state index contributed by atoms with van der Waals surface area (Å²) in [5, 5.41) is 8.92. The monoisotopic (exact) mass is 284 g/mol. The fraction of sp³-hybridized carbons (Fsp3) is 0.182. The number of carbonyl (C=O) groups excluding carboxylic acids is 2. The van der Waals surface area contributed by atoms with Crippen LogP contribution in [0.4, 0.5) is 15.8 Å². The molecule has 0 aromatic heterocycles. The summed E-state index contributed by atoms with van der Waals surface area (Å²) in [5.41, 5.74) is 14.4. The molecule has 0 heterocycles. The Labute approximate surface area is 112 Å². The van der Waals surface area contributed by atoms with Crippen LogP contribution in [0.1, 0.15) is 10.4 Å². The van der Waals surface area contributed by atoms with Gasteiger partial charge in [-0.05, 0) is 12.1 Å². The number of anilines is 2. The summed E-state index contributed by atoms with van der Waals surface area (Å²) < 4.78 is 13.8. The third kappa shape index (κ3) is 3.57. The number of nitrogens with two attached hydrogens (primary N) is 3. The molecule has 1 aromatic carbocycles. The van der Waals surface area contributed by atoms with Crippen molar-refractivity contribution < 1.29 is 23.9 Å². The first-order valence-corrected chi connectivity index (χ1v) is 5.36. The van der Waals surface area contributed by atoms with E-state index in [9.17, 15) is 18.8 Å². The summed E-state index contributed by atoms with van der Waals surface area (Å²) in [6, 6.07) is 1.70. The van der Waals surface area contributed by atoms with E-state index in [1.54, 1.807) is 0 Å². The quantitative estimate of drug-likeness (QED) is 0.485. The molecule has 0 aliphatic heterocycles. The van der Waals surface area contributed by atoms with Crippen molar-refractivity contribution >= 4 is 29.2 Å². The summed E-state index contributed by atoms with van der Waals surface area (Å²) in [6.45, 7) is -0.994. The first-order valence-electron chi connectivity index (χ1n) is 5.36. The second kappa shape index (κ2) is 5.87. The number of halogens is 1. The van der Waals surface area contributed by atoms with Crippen molar-refractivity contribution in [2.45, 2.75) is 0 Å². The van der Waals surface area contributed by atoms with Gasteiger partial charge in [-0.15, -0.1) is 0 Å². The minimum Gasteiger partial charge on any atom is -0.478 e. The van der Waals surface area contributed by atoms with E-state index in [1.165, 1.54) is 0 Å². The lowest BCUT2D eigenvalue weighted by atomic mass is 10.1. The van der Waals surface area contributed by atoms with Gasteiger partial charge in [0.2, 0.25) is 11.8 Å². The highest BCUT2D eigenvalue weighted by molar-refractivity contribution is 5.95. The highest BCUT2D eigenvalue weighted by atomic mass is 19.1. The van der Waals surface area contributed by atoms with Crippen molar-refractivity contribution in [1.29, 1.82) is 0 Å². The summed E-state index contributed by atoms with van der Waals surface area (Å²) in [6.07, 6.45) is 0. The number of benzene rings is 1. The highest BCUT2D eigenvalue weighted by Crippen LogP contribution is 2.25. The number of primary amides is 2. The normalized spacial score (nSPS) is 10.1. The lowest BCUT2D eigenvalue weighted by molar-refractivity contribution is -0.117. The Kier molecular flexibility index (Phi) is 4.46. The standard InChI is InChI=1S/C11H13FN4O4/c12-6-2-7(13)5(11(19)20)1-8(6)16(3-9(14)17)4-10(15)18/h1-2H,3-4,13H2,(H2,14,17)(H2,15,18)(H,19,20). The Bertz CT molecular complexity index is 560. The van der Waals surface area contributed by atoms with Gasteiger partial charge < -0.3 is 27.2 Å². The lowest BCUT2D eigenvalue weighted by Crippen LogP contribution is -2.40. The number of aromatic carboxylic acids is 1. The molecule has 0 radical (unpaired) electrons. The van der Waals surface area contributed by atoms with E-state index >= 15 is 0 Å². The maximum Gasteiger partial charge on any atom is 0.337 e. The van der Waals surface area contributed by atoms with Crippen LogP contribution in [0.3, 0.4) is 0 Å². The third-order valence-electron chi connectivity index (χ3n) is 2.38. The molecule has 0 saturated carbocycles. The maximum atomic E-state index is 13.8. The summed E-state index contributed by atoms with van der Waals surface area (Å²) in [7, 11) is 0. The molecule has 0 saturated heterocycles. The SMILES string of the molecule is NC(=O)CN(CC(N)=O)c1cc(C(=O)O)c(N)cc1F. The van der Waals surface area contributed by atoms with E-state index in [4.69, 9.17) is 22.3 Å². The van der Waals surface area contributed by atoms with Crippen LogP contribution in [-0.4, -0.2) is 36.0 Å². The Hall–Kier alpha value is -2.84. The zero-order valence-electron chi connectivity index (χ0n) is 10.3. The Morgan fingerprint density at radius 3 is 2.05 bits per heavy atom. The number of carboxylic acid groups (broad SMARTS) is 1. The van der Waals surface area contributed by atoms with E-state index < -0.39 is 36.7 Å². The predicted octanol–water partition coefficient (Wildman–Crippen LogP) is -1.12. The summed E-state index contributed by atoms with van der Waals surface area (Å²) >= 11 is 0. The molecule has 9 heteroatoms. The number of nitrogen functional groups attached to an aromatic ring is 1. The van der Waals surface area contributed by atoms with Crippen LogP contribution < -0.4 is 22.1 Å². The van der Waals surface area contributed by atoms with Gasteiger partial charge in [-0.1, -0.05) is 0 Å². The molecule has 0 aliphatic rings. The van der Waals surface area contributed by atoms with Gasteiger partial charge >= 0.3 is 5.97 Å². The van der Waals surface area contributed by atoms with Crippen LogP contribution in [0.15, 0.2) is 12.1 Å². The number of hydrogen-bond acceptors (Lipinski definition) is 5. The molecule has 20 heavy (non-hydrogen) atoms. The van der Waals surface area contributed by atoms with Crippen molar-refractivity contribution in [3.63, 3.8) is 0 Å². The van der Waals surface area contributed by atoms with Crippen LogP contribution in [0, 0.1) is 5.82 Å². The van der Waals surface area contributed by atoms with Crippen LogP contribution in [0.25, 0.3) is 0 Å². The summed E-state index contributed by atoms with van der Waals surface area (Å²) in [5.74, 6) is -3.93. The number of hydrogen-bond donors (Lipinski definition) is 4. The molecule has 0 fully saturated rings. The second-order valence-corrected chi connectivity index (χ2v) is 3.98. The van der Waals surface area contributed by atoms with Crippen molar-refractivity contribution in [3.8, 4) is 0 Å². The van der Waals surface area contributed by atoms with Crippen LogP contribution in [-0.2, 0) is 9.59 Å². The van der Waals surface area contributed by atoms with E-state index in [2.05, 4.69) is 0 Å². The van der Waals surface area contributed by atoms with Crippen LogP contribution in [0.5, 0.6) is 0 Å². The Balaban J connectivity index is 3.30. The number of rotatable bonds is 6. The molecule has 0 unspecified atom stereocenters. The Morgan fingerprint density at radius 1 is 1.15 bits per heavy atom. The molecule has 1 aromatic rings. The molecule has 2 amide bonds. The average Bonchev–Trinajstić information content (AvgIpc) is 2.26. The van der Waals surface area contributed by atoms with Gasteiger partial charge in [0.25, 0.3) is 0 Å². The molecule has 1 rings (SSSR count). The van der Waals surface area contributed by atoms with Crippen molar-refractivity contribution in [1.82, 2.24) is 0 Å². The smallest absolute Gasteiger partial charge is 0.337 e. The van der Waals surface area contributed by atoms with E-state index in [0.29, 0.717) is 0 Å². The van der Waals surface area contributed by atoms with Gasteiger partial charge in [-0.25, -0.2) is 9.18 Å². The fourth-order valence-corrected chi connectivity index (χ4v) is 1.61. The zero-order chi connectivity index (χ0) is 15.4. The molecule has 0 bridgehead atoms. The average molecular weight is 284 g/mol. The van der Waals surface area contributed by atoms with E-state index in [0.717, 1.165) is 17.0 Å². The van der Waals surface area contributed by atoms with E-state index in [1.807, 2.05) is 0 Å². The van der Waals surface area contributed by atoms with Crippen LogP contribution >= 0.6 is 0 Å². The maximum absolute atomic E-state index is 13.8. The minimum atomic E-state index is -1.37. The molecular formula is C11H13FN4O4. The summed E-state index contributed by atoms with van der Waals surface area (Å²) in [4.78, 5) is 33.7. The lowest BCUT2D eigenvalue weighted by Gasteiger charge is -2.23. The van der Waals surface area contributed by atoms with Gasteiger partial charge in [-0.2, -0.15) is 0 Å². The molecule has 0 atom stereocenters. The molecule has 0 aliphatic carbocycles. The van der Waals surface area contributed by atoms with Crippen molar-refractivity contribution in [2.75, 3.05) is 23.7 Å². The minimum absolute atomic E-state index is 0.281. The number of carboxylic acids is 1. The second-order valence-electron chi connectivity index (χ2n) is 3.98. The topological polar surface area (TPSA) is 153 Å². The predicted molar refractivity (Wildman–Crippen MR) is 68.4 cm³/mol. The molecule has 0 spiro atoms. The number of amides is 2. The molecule has 7 N–H and O–H groups in total. The largest absolute Gasteiger partial charge is 0.478 e. The van der Waals surface area contributed by atoms with Gasteiger partial charge in [0, 0.05) is 5.69 Å². The third-order valence-corrected chi connectivity index (χ3v) is 2.38. The van der Waals surface area contributed by atoms with Crippen molar-refractivity contribution in [2.24, 2.45) is 11.5 Å². The molecule has 108 valence electrons. The fourth-order valence-electron chi connectivity index (χ4n) is 1.61. The Morgan fingerprint density at radius 2 is 1.65 bits per heavy atom. The number of nitrogens with zero attached hydrogens (tertiary/aromatic N) is 1. The van der Waals surface area contributed by atoms with Gasteiger partial charge in [0.15, 0.2) is 0 Å². The molecular weight excluding hydrogens is 271 g/mol. The first kappa shape index (κ1) is 15.2. The first-order chi connectivity index (χ1) is 9.22. The number of carbonyl (C=O) groups is 3. The van der Waals surface area contributed by atoms with Gasteiger partial charge in [0.05, 0.1) is 24.3 Å². The molecule has 8 nitrogen and oxygen atoms in total. The zero-order valence-corrected chi connectivity index (χ0v) is 10.3. The van der Waals surface area contributed by atoms with Crippen LogP contribution in [0.2, 0.25) is 0 Å². The van der Waals surface area contributed by atoms with Gasteiger partial charge in [0.1, 0.15) is 5.82 Å². The van der Waals surface area contributed by atoms with E-state index in [-0.39, 0.29) is 16.9 Å². The highest BCUT2D eigenvalue weighted by Gasteiger charge is 2.20.